The van der Waals surface area contributed by atoms with Gasteiger partial charge in [-0.3, -0.25) is 4.79 Å². The molecule has 2 aliphatic rings. The molecule has 2 aromatic rings. The Morgan fingerprint density at radius 2 is 1.66 bits per heavy atom. The maximum absolute atomic E-state index is 12.8. The second-order valence-corrected chi connectivity index (χ2v) is 8.26. The summed E-state index contributed by atoms with van der Waals surface area (Å²) in [4.78, 5) is 28.6. The van der Waals surface area contributed by atoms with Gasteiger partial charge in [-0.1, -0.05) is 29.8 Å². The van der Waals surface area contributed by atoms with Gasteiger partial charge in [-0.2, -0.15) is 0 Å². The number of amides is 1. The van der Waals surface area contributed by atoms with E-state index in [1.54, 1.807) is 17.3 Å². The van der Waals surface area contributed by atoms with E-state index in [1.807, 2.05) is 11.0 Å². The summed E-state index contributed by atoms with van der Waals surface area (Å²) in [6.45, 7) is 11.4. The zero-order valence-corrected chi connectivity index (χ0v) is 17.3. The Hall–Kier alpha value is -2.51. The number of anilines is 1. The van der Waals surface area contributed by atoms with E-state index in [1.165, 1.54) is 16.0 Å². The number of nitrogens with one attached hydrogen (secondary N) is 2. The Morgan fingerprint density at radius 1 is 0.966 bits per heavy atom. The van der Waals surface area contributed by atoms with E-state index in [-0.39, 0.29) is 5.91 Å². The van der Waals surface area contributed by atoms with Crippen LogP contribution in [0.25, 0.3) is 0 Å². The van der Waals surface area contributed by atoms with E-state index < -0.39 is 0 Å². The van der Waals surface area contributed by atoms with E-state index in [2.05, 4.69) is 46.1 Å². The predicted octanol–water partition coefficient (Wildman–Crippen LogP) is -1.58. The molecule has 154 valence electrons. The smallest absolute Gasteiger partial charge is 0.277 e. The van der Waals surface area contributed by atoms with Crippen molar-refractivity contribution in [3.63, 3.8) is 0 Å². The topological polar surface area (TPSA) is 58.2 Å². The number of quaternary nitrogens is 2. The van der Waals surface area contributed by atoms with Crippen molar-refractivity contribution in [3.8, 4) is 0 Å². The first kappa shape index (κ1) is 19.8. The summed E-state index contributed by atoms with van der Waals surface area (Å²) in [5.41, 5.74) is 2.75. The van der Waals surface area contributed by atoms with Crippen LogP contribution in [-0.4, -0.2) is 79.7 Å². The van der Waals surface area contributed by atoms with Gasteiger partial charge in [-0.05, 0) is 13.0 Å². The van der Waals surface area contributed by atoms with Gasteiger partial charge in [0.2, 0.25) is 5.95 Å². The molecule has 0 aliphatic carbocycles. The van der Waals surface area contributed by atoms with E-state index in [4.69, 9.17) is 0 Å². The Labute approximate surface area is 172 Å². The summed E-state index contributed by atoms with van der Waals surface area (Å²) in [6, 6.07) is 10.6. The fourth-order valence-electron chi connectivity index (χ4n) is 4.36. The molecular weight excluding hydrogens is 364 g/mol. The van der Waals surface area contributed by atoms with Crippen molar-refractivity contribution in [2.45, 2.75) is 13.5 Å². The SMILES string of the molecule is Cc1cccc(C[NH+]2CC[NH+](CC(=O)N3CCN(c4ncccn4)CC3)CC2)c1. The van der Waals surface area contributed by atoms with Gasteiger partial charge < -0.3 is 19.6 Å². The monoisotopic (exact) mass is 396 g/mol. The molecule has 2 N–H and O–H groups in total. The summed E-state index contributed by atoms with van der Waals surface area (Å²) in [5, 5.41) is 0. The Balaban J connectivity index is 1.19. The third-order valence-electron chi connectivity index (χ3n) is 6.07. The number of aromatic nitrogens is 2. The third kappa shape index (κ3) is 5.31. The second-order valence-electron chi connectivity index (χ2n) is 8.26. The number of benzene rings is 1. The average molecular weight is 397 g/mol. The van der Waals surface area contributed by atoms with Crippen molar-refractivity contribution in [1.29, 1.82) is 0 Å². The van der Waals surface area contributed by atoms with Crippen LogP contribution in [0.1, 0.15) is 11.1 Å². The molecule has 0 atom stereocenters. The van der Waals surface area contributed by atoms with Crippen LogP contribution < -0.4 is 14.7 Å². The molecule has 0 saturated carbocycles. The molecule has 2 aliphatic heterocycles. The van der Waals surface area contributed by atoms with Gasteiger partial charge in [0.1, 0.15) is 32.7 Å². The summed E-state index contributed by atoms with van der Waals surface area (Å²) >= 11 is 0. The summed E-state index contributed by atoms with van der Waals surface area (Å²) < 4.78 is 0. The Morgan fingerprint density at radius 3 is 2.34 bits per heavy atom. The quantitative estimate of drug-likeness (QED) is 0.641. The van der Waals surface area contributed by atoms with Gasteiger partial charge in [0.15, 0.2) is 6.54 Å². The number of rotatable bonds is 5. The van der Waals surface area contributed by atoms with Gasteiger partial charge in [-0.15, -0.1) is 0 Å². The highest BCUT2D eigenvalue weighted by Gasteiger charge is 2.28. The van der Waals surface area contributed by atoms with Crippen LogP contribution >= 0.6 is 0 Å². The molecule has 1 aromatic heterocycles. The molecule has 4 rings (SSSR count). The molecule has 0 radical (unpaired) electrons. The molecule has 0 spiro atoms. The number of hydrogen-bond donors (Lipinski definition) is 2. The molecule has 2 saturated heterocycles. The van der Waals surface area contributed by atoms with Gasteiger partial charge in [0.05, 0.1) is 0 Å². The first-order valence-corrected chi connectivity index (χ1v) is 10.7. The molecular formula is C22H32N6O+2. The first-order chi connectivity index (χ1) is 14.2. The average Bonchev–Trinajstić information content (AvgIpc) is 2.76. The molecule has 7 nitrogen and oxygen atoms in total. The molecule has 7 heteroatoms. The van der Waals surface area contributed by atoms with Crippen LogP contribution in [0.2, 0.25) is 0 Å². The lowest BCUT2D eigenvalue weighted by atomic mass is 10.1. The van der Waals surface area contributed by atoms with Crippen LogP contribution in [0.3, 0.4) is 0 Å². The van der Waals surface area contributed by atoms with Gasteiger partial charge in [0.25, 0.3) is 5.91 Å². The Kier molecular flexibility index (Phi) is 6.36. The number of aryl methyl sites for hydroxylation is 1. The zero-order valence-electron chi connectivity index (χ0n) is 17.3. The van der Waals surface area contributed by atoms with Crippen molar-refractivity contribution in [2.24, 2.45) is 0 Å². The molecule has 0 bridgehead atoms. The van der Waals surface area contributed by atoms with Crippen molar-refractivity contribution < 1.29 is 14.6 Å². The summed E-state index contributed by atoms with van der Waals surface area (Å²) in [6.07, 6.45) is 3.54. The lowest BCUT2D eigenvalue weighted by Crippen LogP contribution is -3.28. The predicted molar refractivity (Wildman–Crippen MR) is 112 cm³/mol. The number of nitrogens with zero attached hydrogens (tertiary/aromatic N) is 4. The van der Waals surface area contributed by atoms with E-state index in [9.17, 15) is 4.79 Å². The molecule has 3 heterocycles. The van der Waals surface area contributed by atoms with Crippen molar-refractivity contribution in [2.75, 3.05) is 63.8 Å². The van der Waals surface area contributed by atoms with Crippen molar-refractivity contribution in [3.05, 3.63) is 53.9 Å². The fraction of sp³-hybridized carbons (Fsp3) is 0.500. The maximum Gasteiger partial charge on any atom is 0.277 e. The van der Waals surface area contributed by atoms with Crippen LogP contribution in [-0.2, 0) is 11.3 Å². The van der Waals surface area contributed by atoms with Crippen LogP contribution in [0.4, 0.5) is 5.95 Å². The normalized spacial score (nSPS) is 22.5. The molecule has 1 amide bonds. The molecule has 1 aromatic carbocycles. The third-order valence-corrected chi connectivity index (χ3v) is 6.07. The van der Waals surface area contributed by atoms with Gasteiger partial charge in [-0.25, -0.2) is 9.97 Å². The van der Waals surface area contributed by atoms with Gasteiger partial charge >= 0.3 is 0 Å². The van der Waals surface area contributed by atoms with E-state index in [0.29, 0.717) is 6.54 Å². The highest BCUT2D eigenvalue weighted by molar-refractivity contribution is 5.77. The van der Waals surface area contributed by atoms with Gasteiger partial charge in [0, 0.05) is 44.1 Å². The summed E-state index contributed by atoms with van der Waals surface area (Å²) in [7, 11) is 0. The van der Waals surface area contributed by atoms with E-state index in [0.717, 1.165) is 64.9 Å². The zero-order chi connectivity index (χ0) is 20.1. The van der Waals surface area contributed by atoms with Crippen LogP contribution in [0, 0.1) is 6.92 Å². The standard InChI is InChI=1S/C22H30N6O/c1-19-4-2-5-20(16-19)17-25-8-10-26(11-9-25)18-21(29)27-12-14-28(15-13-27)22-23-6-3-7-24-22/h2-7,16H,8-15,17-18H2,1H3/p+2. The van der Waals surface area contributed by atoms with Crippen molar-refractivity contribution in [1.82, 2.24) is 14.9 Å². The number of hydrogen-bond acceptors (Lipinski definition) is 4. The highest BCUT2D eigenvalue weighted by atomic mass is 16.2. The highest BCUT2D eigenvalue weighted by Crippen LogP contribution is 2.09. The minimum atomic E-state index is 0.288. The lowest BCUT2D eigenvalue weighted by Gasteiger charge is -2.36. The number of carbonyl (C=O) groups excluding carboxylic acids is 1. The van der Waals surface area contributed by atoms with Crippen LogP contribution in [0.5, 0.6) is 0 Å². The lowest BCUT2D eigenvalue weighted by molar-refractivity contribution is -1.02. The summed E-state index contributed by atoms with van der Waals surface area (Å²) in [5.74, 6) is 1.05. The van der Waals surface area contributed by atoms with E-state index >= 15 is 0 Å². The molecule has 0 unspecified atom stereocenters. The molecule has 29 heavy (non-hydrogen) atoms. The van der Waals surface area contributed by atoms with Crippen molar-refractivity contribution >= 4 is 11.9 Å². The second kappa shape index (κ2) is 9.33. The Bertz CT molecular complexity index is 798. The maximum atomic E-state index is 12.8. The number of carbonyl (C=O) groups is 1. The first-order valence-electron chi connectivity index (χ1n) is 10.7. The largest absolute Gasteiger partial charge is 0.337 e. The minimum Gasteiger partial charge on any atom is -0.337 e. The van der Waals surface area contributed by atoms with Crippen LogP contribution in [0.15, 0.2) is 42.7 Å². The fourth-order valence-corrected chi connectivity index (χ4v) is 4.36. The minimum absolute atomic E-state index is 0.288. The molecule has 2 fully saturated rings. The number of piperazine rings is 2.